The van der Waals surface area contributed by atoms with Gasteiger partial charge in [-0.15, -0.1) is 0 Å². The van der Waals surface area contributed by atoms with Crippen LogP contribution in [-0.2, 0) is 14.4 Å². The zero-order valence-electron chi connectivity index (χ0n) is 15.8. The Balaban J connectivity index is 1.90. The lowest BCUT2D eigenvalue weighted by Crippen LogP contribution is -2.46. The zero-order valence-corrected chi connectivity index (χ0v) is 15.8. The minimum atomic E-state index is -0.807. The van der Waals surface area contributed by atoms with Crippen molar-refractivity contribution in [3.63, 3.8) is 0 Å². The maximum absolute atomic E-state index is 12.7. The van der Waals surface area contributed by atoms with E-state index >= 15 is 0 Å². The average molecular weight is 374 g/mol. The predicted molar refractivity (Wildman–Crippen MR) is 104 cm³/mol. The van der Waals surface area contributed by atoms with Crippen molar-refractivity contribution in [1.82, 2.24) is 5.32 Å². The number of aliphatic carboxylic acids is 1. The van der Waals surface area contributed by atoms with Crippen LogP contribution in [0.1, 0.15) is 64.2 Å². The van der Waals surface area contributed by atoms with E-state index in [9.17, 15) is 14.4 Å². The third-order valence-corrected chi connectivity index (χ3v) is 5.03. The third kappa shape index (κ3) is 7.81. The van der Waals surface area contributed by atoms with Gasteiger partial charge in [-0.2, -0.15) is 0 Å². The molecule has 6 heteroatoms. The summed E-state index contributed by atoms with van der Waals surface area (Å²) in [6.07, 6.45) is 7.72. The largest absolute Gasteiger partial charge is 0.481 e. The Morgan fingerprint density at radius 3 is 2.37 bits per heavy atom. The number of carboxylic acid groups (broad SMARTS) is 1. The molecule has 0 heterocycles. The van der Waals surface area contributed by atoms with E-state index in [2.05, 4.69) is 10.6 Å². The molecule has 1 aliphatic rings. The molecule has 0 spiro atoms. The van der Waals surface area contributed by atoms with Gasteiger partial charge in [0.2, 0.25) is 11.8 Å². The van der Waals surface area contributed by atoms with Gasteiger partial charge in [0.1, 0.15) is 6.04 Å². The SMILES string of the molecule is O=C(O)CCCCCC(NC(=O)C1CCCCC1)C(=O)Nc1ccccc1. The number of carboxylic acids is 1. The second-order valence-corrected chi connectivity index (χ2v) is 7.24. The molecule has 0 saturated heterocycles. The Kier molecular flexibility index (Phi) is 8.81. The molecule has 2 rings (SSSR count). The monoisotopic (exact) mass is 374 g/mol. The van der Waals surface area contributed by atoms with Crippen LogP contribution in [0.4, 0.5) is 5.69 Å². The highest BCUT2D eigenvalue weighted by Crippen LogP contribution is 2.24. The molecule has 0 aromatic heterocycles. The quantitative estimate of drug-likeness (QED) is 0.544. The maximum atomic E-state index is 12.7. The molecule has 1 unspecified atom stereocenters. The number of amides is 2. The van der Waals surface area contributed by atoms with Gasteiger partial charge in [0.25, 0.3) is 0 Å². The molecule has 27 heavy (non-hydrogen) atoms. The molecule has 1 atom stereocenters. The summed E-state index contributed by atoms with van der Waals surface area (Å²) in [6.45, 7) is 0. The Labute approximate surface area is 160 Å². The number of hydrogen-bond acceptors (Lipinski definition) is 3. The molecule has 0 radical (unpaired) electrons. The van der Waals surface area contributed by atoms with Crippen LogP contribution in [-0.4, -0.2) is 28.9 Å². The van der Waals surface area contributed by atoms with E-state index in [0.717, 1.165) is 32.1 Å². The van der Waals surface area contributed by atoms with Crippen molar-refractivity contribution in [2.45, 2.75) is 70.3 Å². The fourth-order valence-corrected chi connectivity index (χ4v) is 3.48. The second kappa shape index (κ2) is 11.4. The molecular formula is C21H30N2O4. The first-order valence-electron chi connectivity index (χ1n) is 9.94. The smallest absolute Gasteiger partial charge is 0.303 e. The Hall–Kier alpha value is -2.37. The van der Waals surface area contributed by atoms with Crippen molar-refractivity contribution in [2.24, 2.45) is 5.92 Å². The van der Waals surface area contributed by atoms with Crippen molar-refractivity contribution < 1.29 is 19.5 Å². The summed E-state index contributed by atoms with van der Waals surface area (Å²) >= 11 is 0. The van der Waals surface area contributed by atoms with Crippen LogP contribution < -0.4 is 10.6 Å². The number of unbranched alkanes of at least 4 members (excludes halogenated alkanes) is 2. The van der Waals surface area contributed by atoms with E-state index in [-0.39, 0.29) is 24.2 Å². The average Bonchev–Trinajstić information content (AvgIpc) is 2.68. The fraction of sp³-hybridized carbons (Fsp3) is 0.571. The topological polar surface area (TPSA) is 95.5 Å². The number of rotatable bonds is 10. The van der Waals surface area contributed by atoms with Crippen LogP contribution in [0.5, 0.6) is 0 Å². The van der Waals surface area contributed by atoms with Gasteiger partial charge in [0.15, 0.2) is 0 Å². The van der Waals surface area contributed by atoms with E-state index in [4.69, 9.17) is 5.11 Å². The highest BCUT2D eigenvalue weighted by atomic mass is 16.4. The standard InChI is InChI=1S/C21H30N2O4/c24-19(25)15-9-3-8-14-18(21(27)22-17-12-6-2-7-13-17)23-20(26)16-10-4-1-5-11-16/h2,6-7,12-13,16,18H,1,3-5,8-11,14-15H2,(H,22,27)(H,23,26)(H,24,25). The molecule has 2 amide bonds. The number of nitrogens with one attached hydrogen (secondary N) is 2. The molecule has 1 fully saturated rings. The summed E-state index contributed by atoms with van der Waals surface area (Å²) in [5.74, 6) is -1.06. The first-order chi connectivity index (χ1) is 13.1. The Bertz CT molecular complexity index is 612. The van der Waals surface area contributed by atoms with Gasteiger partial charge in [-0.1, -0.05) is 50.3 Å². The van der Waals surface area contributed by atoms with Crippen molar-refractivity contribution in [3.8, 4) is 0 Å². The lowest BCUT2D eigenvalue weighted by atomic mass is 9.88. The van der Waals surface area contributed by atoms with Gasteiger partial charge in [-0.3, -0.25) is 14.4 Å². The molecule has 1 aliphatic carbocycles. The Morgan fingerprint density at radius 1 is 1.00 bits per heavy atom. The molecule has 1 aromatic carbocycles. The molecule has 6 nitrogen and oxygen atoms in total. The van der Waals surface area contributed by atoms with Crippen LogP contribution in [0.25, 0.3) is 0 Å². The van der Waals surface area contributed by atoms with Gasteiger partial charge in [0, 0.05) is 18.0 Å². The summed E-state index contributed by atoms with van der Waals surface area (Å²) in [4.78, 5) is 35.9. The van der Waals surface area contributed by atoms with E-state index < -0.39 is 12.0 Å². The lowest BCUT2D eigenvalue weighted by molar-refractivity contribution is -0.137. The van der Waals surface area contributed by atoms with E-state index in [1.165, 1.54) is 6.42 Å². The van der Waals surface area contributed by atoms with Gasteiger partial charge in [-0.25, -0.2) is 0 Å². The number of anilines is 1. The summed E-state index contributed by atoms with van der Waals surface area (Å²) in [5, 5.41) is 14.5. The van der Waals surface area contributed by atoms with Crippen molar-refractivity contribution in [1.29, 1.82) is 0 Å². The van der Waals surface area contributed by atoms with Crippen LogP contribution in [0.2, 0.25) is 0 Å². The molecule has 1 saturated carbocycles. The minimum Gasteiger partial charge on any atom is -0.481 e. The van der Waals surface area contributed by atoms with E-state index in [1.54, 1.807) is 0 Å². The highest BCUT2D eigenvalue weighted by molar-refractivity contribution is 5.97. The van der Waals surface area contributed by atoms with E-state index in [0.29, 0.717) is 24.9 Å². The molecule has 1 aromatic rings. The second-order valence-electron chi connectivity index (χ2n) is 7.24. The highest BCUT2D eigenvalue weighted by Gasteiger charge is 2.26. The number of carbonyl (C=O) groups is 3. The minimum absolute atomic E-state index is 0.00205. The molecule has 0 bridgehead atoms. The van der Waals surface area contributed by atoms with Crippen LogP contribution in [0.15, 0.2) is 30.3 Å². The molecule has 3 N–H and O–H groups in total. The van der Waals surface area contributed by atoms with Gasteiger partial charge < -0.3 is 15.7 Å². The normalized spacial score (nSPS) is 15.7. The summed E-state index contributed by atoms with van der Waals surface area (Å²) in [7, 11) is 0. The number of hydrogen-bond donors (Lipinski definition) is 3. The summed E-state index contributed by atoms with van der Waals surface area (Å²) in [5.41, 5.74) is 0.699. The maximum Gasteiger partial charge on any atom is 0.303 e. The van der Waals surface area contributed by atoms with Gasteiger partial charge in [0.05, 0.1) is 0 Å². The Morgan fingerprint density at radius 2 is 1.70 bits per heavy atom. The lowest BCUT2D eigenvalue weighted by Gasteiger charge is -2.24. The number of carbonyl (C=O) groups excluding carboxylic acids is 2. The van der Waals surface area contributed by atoms with Crippen molar-refractivity contribution in [3.05, 3.63) is 30.3 Å². The predicted octanol–water partition coefficient (Wildman–Crippen LogP) is 3.73. The molecule has 148 valence electrons. The molecular weight excluding hydrogens is 344 g/mol. The van der Waals surface area contributed by atoms with Crippen LogP contribution in [0.3, 0.4) is 0 Å². The zero-order chi connectivity index (χ0) is 19.5. The first-order valence-corrected chi connectivity index (χ1v) is 9.94. The van der Waals surface area contributed by atoms with Gasteiger partial charge >= 0.3 is 5.97 Å². The number of para-hydroxylation sites is 1. The van der Waals surface area contributed by atoms with Crippen molar-refractivity contribution >= 4 is 23.5 Å². The van der Waals surface area contributed by atoms with E-state index in [1.807, 2.05) is 30.3 Å². The van der Waals surface area contributed by atoms with Crippen LogP contribution in [0, 0.1) is 5.92 Å². The van der Waals surface area contributed by atoms with Crippen LogP contribution >= 0.6 is 0 Å². The summed E-state index contributed by atoms with van der Waals surface area (Å²) < 4.78 is 0. The fourth-order valence-electron chi connectivity index (χ4n) is 3.48. The summed E-state index contributed by atoms with van der Waals surface area (Å²) in [6, 6.07) is 8.59. The number of benzene rings is 1. The third-order valence-electron chi connectivity index (χ3n) is 5.03. The molecule has 0 aliphatic heterocycles. The first kappa shape index (κ1) is 20.9. The van der Waals surface area contributed by atoms with Crippen molar-refractivity contribution in [2.75, 3.05) is 5.32 Å². The van der Waals surface area contributed by atoms with Gasteiger partial charge in [-0.05, 0) is 37.8 Å².